The molecule has 6 N–H and O–H groups in total. The largest absolute Gasteiger partial charge is 0.502 e. The fourth-order valence-corrected chi connectivity index (χ4v) is 6.93. The van der Waals surface area contributed by atoms with Gasteiger partial charge < -0.3 is 73.3 Å². The van der Waals surface area contributed by atoms with Crippen molar-refractivity contribution in [1.29, 1.82) is 0 Å². The highest BCUT2D eigenvalue weighted by atomic mass is 16.8. The van der Waals surface area contributed by atoms with Gasteiger partial charge in [0, 0.05) is 0 Å². The fraction of sp³-hybridized carbons (Fsp3) is 0.552. The Morgan fingerprint density at radius 3 is 2.20 bits per heavy atom. The maximum Gasteiger partial charge on any atom is 0.344 e. The molecular weight excluding hydrogens is 604 g/mol. The van der Waals surface area contributed by atoms with Crippen LogP contribution in [0.2, 0.25) is 0 Å². The van der Waals surface area contributed by atoms with Crippen LogP contribution in [0.4, 0.5) is 0 Å². The van der Waals surface area contributed by atoms with E-state index < -0.39 is 72.5 Å². The molecule has 4 heterocycles. The van der Waals surface area contributed by atoms with Crippen molar-refractivity contribution in [3.63, 3.8) is 0 Å². The Kier molecular flexibility index (Phi) is 7.08. The van der Waals surface area contributed by atoms with Crippen molar-refractivity contribution in [3.05, 3.63) is 41.0 Å². The normalized spacial score (nSPS) is 37.7. The summed E-state index contributed by atoms with van der Waals surface area (Å²) in [5.74, 6) is -8.10. The number of hydrogen-bond donors (Lipinski definition) is 6. The molecule has 0 spiro atoms. The highest BCUT2D eigenvalue weighted by Gasteiger charge is 2.73. The molecule has 5 aliphatic rings. The van der Waals surface area contributed by atoms with E-state index in [4.69, 9.17) is 42.6 Å². The number of cyclic esters (lactones) is 1. The zero-order valence-corrected chi connectivity index (χ0v) is 24.2. The highest BCUT2D eigenvalue weighted by molar-refractivity contribution is 5.86. The van der Waals surface area contributed by atoms with Crippen molar-refractivity contribution in [2.45, 2.75) is 67.5 Å². The Labute approximate surface area is 255 Å². The Morgan fingerprint density at radius 2 is 1.56 bits per heavy atom. The maximum absolute atomic E-state index is 13.6. The van der Waals surface area contributed by atoms with Gasteiger partial charge in [-0.3, -0.25) is 0 Å². The van der Waals surface area contributed by atoms with E-state index >= 15 is 0 Å². The van der Waals surface area contributed by atoms with Crippen LogP contribution < -0.4 is 18.9 Å². The number of aliphatic hydroxyl groups is 5. The van der Waals surface area contributed by atoms with Crippen LogP contribution in [-0.4, -0.2) is 113 Å². The lowest BCUT2D eigenvalue weighted by atomic mass is 9.62. The second kappa shape index (κ2) is 10.5. The Hall–Kier alpha value is -3.45. The van der Waals surface area contributed by atoms with Gasteiger partial charge in [-0.2, -0.15) is 0 Å². The predicted octanol–water partition coefficient (Wildman–Crippen LogP) is -0.908. The number of esters is 1. The number of hydrogen-bond acceptors (Lipinski definition) is 16. The molecule has 3 fully saturated rings. The van der Waals surface area contributed by atoms with E-state index in [1.165, 1.54) is 38.5 Å². The van der Waals surface area contributed by atoms with Crippen molar-refractivity contribution in [2.24, 2.45) is 5.92 Å². The summed E-state index contributed by atoms with van der Waals surface area (Å²) in [6.45, 7) is 1.46. The van der Waals surface area contributed by atoms with Crippen molar-refractivity contribution < 1.29 is 78.1 Å². The maximum atomic E-state index is 13.6. The quantitative estimate of drug-likeness (QED) is 0.173. The van der Waals surface area contributed by atoms with E-state index in [2.05, 4.69) is 0 Å². The molecule has 0 radical (unpaired) electrons. The second-order valence-corrected chi connectivity index (χ2v) is 11.5. The zero-order valence-electron chi connectivity index (χ0n) is 24.2. The third kappa shape index (κ3) is 4.44. The SMILES string of the molecule is COc1cc(C2c3cc4c(cc3C(OC3OC5COC(C)OC5C(O)C3O)C3C(O)(O)OC(=O)C23O)OCO4)cc(OC)c1O. The number of methoxy groups -OCH3 is 2. The summed E-state index contributed by atoms with van der Waals surface area (Å²) in [6, 6.07) is 5.67. The minimum atomic E-state index is -3.30. The van der Waals surface area contributed by atoms with Crippen LogP contribution in [-0.2, 0) is 28.5 Å². The van der Waals surface area contributed by atoms with E-state index in [0.29, 0.717) is 0 Å². The van der Waals surface area contributed by atoms with Gasteiger partial charge in [0.1, 0.15) is 36.4 Å². The summed E-state index contributed by atoms with van der Waals surface area (Å²) in [6.07, 6.45) is -8.99. The monoisotopic (exact) mass is 636 g/mol. The molecule has 3 saturated heterocycles. The molecule has 244 valence electrons. The van der Waals surface area contributed by atoms with E-state index in [1.54, 1.807) is 6.92 Å². The number of fused-ring (bicyclic) bond motifs is 4. The van der Waals surface area contributed by atoms with Gasteiger partial charge in [-0.1, -0.05) is 0 Å². The van der Waals surface area contributed by atoms with Gasteiger partial charge in [-0.15, -0.1) is 0 Å². The molecule has 0 saturated carbocycles. The number of carbonyl (C=O) groups excluding carboxylic acids is 1. The van der Waals surface area contributed by atoms with Crippen molar-refractivity contribution in [1.82, 2.24) is 0 Å². The molecule has 45 heavy (non-hydrogen) atoms. The Balaban J connectivity index is 1.40. The fourth-order valence-electron chi connectivity index (χ4n) is 6.93. The molecule has 16 nitrogen and oxygen atoms in total. The van der Waals surface area contributed by atoms with Gasteiger partial charge in [0.15, 0.2) is 41.2 Å². The first kappa shape index (κ1) is 30.2. The molecule has 0 amide bonds. The van der Waals surface area contributed by atoms with Crippen LogP contribution in [0.3, 0.4) is 0 Å². The van der Waals surface area contributed by atoms with Gasteiger partial charge in [0.2, 0.25) is 12.5 Å². The van der Waals surface area contributed by atoms with Crippen molar-refractivity contribution in [3.8, 4) is 28.7 Å². The second-order valence-electron chi connectivity index (χ2n) is 11.5. The number of phenolic OH excluding ortho intramolecular Hbond substituents is 1. The van der Waals surface area contributed by atoms with Crippen LogP contribution >= 0.6 is 0 Å². The number of aromatic hydroxyl groups is 1. The lowest BCUT2D eigenvalue weighted by Gasteiger charge is -2.49. The van der Waals surface area contributed by atoms with Crippen LogP contribution in [0, 0.1) is 5.92 Å². The van der Waals surface area contributed by atoms with Gasteiger partial charge in [0.25, 0.3) is 0 Å². The lowest BCUT2D eigenvalue weighted by Crippen LogP contribution is -2.64. The van der Waals surface area contributed by atoms with Gasteiger partial charge >= 0.3 is 11.9 Å². The molecule has 0 aromatic heterocycles. The number of ether oxygens (including phenoxy) is 9. The smallest absolute Gasteiger partial charge is 0.344 e. The van der Waals surface area contributed by atoms with E-state index in [1.807, 2.05) is 0 Å². The highest BCUT2D eigenvalue weighted by Crippen LogP contribution is 2.61. The summed E-state index contributed by atoms with van der Waals surface area (Å²) < 4.78 is 49.9. The molecule has 16 heteroatoms. The zero-order chi connectivity index (χ0) is 32.0. The van der Waals surface area contributed by atoms with E-state index in [9.17, 15) is 35.4 Å². The summed E-state index contributed by atoms with van der Waals surface area (Å²) in [4.78, 5) is 13.6. The average Bonchev–Trinajstić information content (AvgIpc) is 3.53. The number of phenols is 1. The van der Waals surface area contributed by atoms with Crippen molar-refractivity contribution in [2.75, 3.05) is 27.6 Å². The summed E-state index contributed by atoms with van der Waals surface area (Å²) in [5.41, 5.74) is -2.22. The number of rotatable bonds is 5. The molecule has 1 aliphatic carbocycles. The van der Waals surface area contributed by atoms with Gasteiger partial charge in [0.05, 0.1) is 26.7 Å². The molecule has 10 atom stereocenters. The van der Waals surface area contributed by atoms with Crippen LogP contribution in [0.25, 0.3) is 0 Å². The molecule has 7 rings (SSSR count). The topological polar surface area (TPSA) is 222 Å². The predicted molar refractivity (Wildman–Crippen MR) is 142 cm³/mol. The summed E-state index contributed by atoms with van der Waals surface area (Å²) >= 11 is 0. The third-order valence-corrected chi connectivity index (χ3v) is 8.99. The first-order chi connectivity index (χ1) is 21.4. The number of benzene rings is 2. The first-order valence-corrected chi connectivity index (χ1v) is 14.1. The Morgan fingerprint density at radius 1 is 0.911 bits per heavy atom. The van der Waals surface area contributed by atoms with Crippen LogP contribution in [0.1, 0.15) is 35.6 Å². The minimum absolute atomic E-state index is 0.0130. The standard InChI is InChI=1S/C29H32O16/c1-10-39-8-18-24(42-10)21(31)22(32)26(43-18)44-23-13-7-15-14(40-9-41-15)6-12(13)19(28(34)25(23)29(35,36)45-27(28)33)11-4-16(37-2)20(30)17(5-11)38-3/h4-7,10,18-19,21-26,30-32,34-36H,8-9H2,1-3H3. The number of carbonyl (C=O) groups is 1. The molecule has 2 aromatic carbocycles. The molecule has 2 aromatic rings. The third-order valence-electron chi connectivity index (χ3n) is 8.99. The van der Waals surface area contributed by atoms with Crippen LogP contribution in [0.5, 0.6) is 28.7 Å². The summed E-state index contributed by atoms with van der Waals surface area (Å²) in [7, 11) is 2.58. The van der Waals surface area contributed by atoms with Gasteiger partial charge in [-0.05, 0) is 47.9 Å². The van der Waals surface area contributed by atoms with Gasteiger partial charge in [-0.25, -0.2) is 4.79 Å². The molecular formula is C29H32O16. The molecule has 10 unspecified atom stereocenters. The lowest BCUT2D eigenvalue weighted by molar-refractivity contribution is -0.383. The minimum Gasteiger partial charge on any atom is -0.502 e. The molecule has 4 aliphatic heterocycles. The van der Waals surface area contributed by atoms with E-state index in [0.717, 1.165) is 0 Å². The Bertz CT molecular complexity index is 1480. The first-order valence-electron chi connectivity index (χ1n) is 14.1. The average molecular weight is 637 g/mol. The summed E-state index contributed by atoms with van der Waals surface area (Å²) in [5, 5.41) is 67.2. The van der Waals surface area contributed by atoms with Crippen LogP contribution in [0.15, 0.2) is 24.3 Å². The van der Waals surface area contributed by atoms with E-state index in [-0.39, 0.29) is 58.8 Å². The number of aliphatic hydroxyl groups excluding tert-OH is 2. The molecule has 0 bridgehead atoms. The van der Waals surface area contributed by atoms with Crippen molar-refractivity contribution >= 4 is 5.97 Å².